The van der Waals surface area contributed by atoms with E-state index in [0.717, 1.165) is 32.6 Å². The number of hydrogen-bond donors (Lipinski definition) is 1. The van der Waals surface area contributed by atoms with Crippen LogP contribution < -0.4 is 5.32 Å². The second-order valence-corrected chi connectivity index (χ2v) is 6.00. The van der Waals surface area contributed by atoms with E-state index in [1.54, 1.807) is 11.3 Å². The Balaban J connectivity index is 1.75. The second-order valence-electron chi connectivity index (χ2n) is 5.06. The molecule has 2 aromatic heterocycles. The summed E-state index contributed by atoms with van der Waals surface area (Å²) in [7, 11) is 0. The normalized spacial score (nSPS) is 20.1. The molecule has 0 saturated carbocycles. The summed E-state index contributed by atoms with van der Waals surface area (Å²) in [5.74, 6) is 0. The van der Waals surface area contributed by atoms with Crippen molar-refractivity contribution in [1.29, 1.82) is 0 Å². The average Bonchev–Trinajstić information content (AvgIpc) is 2.96. The van der Waals surface area contributed by atoms with Gasteiger partial charge in [-0.25, -0.2) is 4.98 Å². The molecular formula is C15H20N4S. The van der Waals surface area contributed by atoms with Crippen molar-refractivity contribution in [3.8, 4) is 0 Å². The molecule has 1 atom stereocenters. The highest BCUT2D eigenvalue weighted by molar-refractivity contribution is 7.09. The first-order valence-corrected chi connectivity index (χ1v) is 8.02. The van der Waals surface area contributed by atoms with Crippen molar-refractivity contribution in [3.63, 3.8) is 0 Å². The average molecular weight is 288 g/mol. The molecule has 0 aromatic carbocycles. The number of rotatable bonds is 4. The van der Waals surface area contributed by atoms with Crippen molar-refractivity contribution in [3.05, 3.63) is 46.2 Å². The standard InChI is InChI=1S/C15H20N4S/c1-2-15-18-13(11-20-15)10-19-8-7-17-9-14(19)12-3-5-16-6-4-12/h3-6,11,14,17H,2,7-10H2,1H3. The van der Waals surface area contributed by atoms with Crippen molar-refractivity contribution >= 4 is 11.3 Å². The number of thiazole rings is 1. The van der Waals surface area contributed by atoms with Crippen LogP contribution in [0.25, 0.3) is 0 Å². The monoisotopic (exact) mass is 288 g/mol. The van der Waals surface area contributed by atoms with E-state index in [1.807, 2.05) is 12.4 Å². The molecule has 0 spiro atoms. The molecule has 3 rings (SSSR count). The smallest absolute Gasteiger partial charge is 0.0926 e. The number of pyridine rings is 1. The van der Waals surface area contributed by atoms with Crippen LogP contribution in [0.5, 0.6) is 0 Å². The number of hydrogen-bond acceptors (Lipinski definition) is 5. The molecule has 0 aliphatic carbocycles. The molecular weight excluding hydrogens is 268 g/mol. The lowest BCUT2D eigenvalue weighted by Crippen LogP contribution is -2.45. The fraction of sp³-hybridized carbons (Fsp3) is 0.467. The molecule has 1 fully saturated rings. The Morgan fingerprint density at radius 3 is 3.00 bits per heavy atom. The number of piperazine rings is 1. The topological polar surface area (TPSA) is 41.1 Å². The van der Waals surface area contributed by atoms with Gasteiger partial charge in [0.05, 0.1) is 10.7 Å². The molecule has 106 valence electrons. The Kier molecular flexibility index (Phi) is 4.40. The third kappa shape index (κ3) is 3.06. The van der Waals surface area contributed by atoms with Crippen molar-refractivity contribution in [2.24, 2.45) is 0 Å². The largest absolute Gasteiger partial charge is 0.314 e. The third-order valence-electron chi connectivity index (χ3n) is 3.71. The van der Waals surface area contributed by atoms with Gasteiger partial charge in [0.2, 0.25) is 0 Å². The van der Waals surface area contributed by atoms with Crippen molar-refractivity contribution in [2.75, 3.05) is 19.6 Å². The van der Waals surface area contributed by atoms with Crippen molar-refractivity contribution in [1.82, 2.24) is 20.2 Å². The Morgan fingerprint density at radius 2 is 2.25 bits per heavy atom. The van der Waals surface area contributed by atoms with Gasteiger partial charge < -0.3 is 5.32 Å². The molecule has 0 amide bonds. The van der Waals surface area contributed by atoms with Crippen LogP contribution in [0.2, 0.25) is 0 Å². The van der Waals surface area contributed by atoms with Gasteiger partial charge >= 0.3 is 0 Å². The third-order valence-corrected chi connectivity index (χ3v) is 4.75. The summed E-state index contributed by atoms with van der Waals surface area (Å²) in [6.07, 6.45) is 4.78. The lowest BCUT2D eigenvalue weighted by molar-refractivity contribution is 0.152. The fourth-order valence-electron chi connectivity index (χ4n) is 2.64. The van der Waals surface area contributed by atoms with Crippen LogP contribution in [0.15, 0.2) is 29.9 Å². The number of nitrogens with zero attached hydrogens (tertiary/aromatic N) is 3. The maximum atomic E-state index is 4.70. The zero-order chi connectivity index (χ0) is 13.8. The van der Waals surface area contributed by atoms with E-state index in [-0.39, 0.29) is 0 Å². The van der Waals surface area contributed by atoms with Crippen LogP contribution in [0, 0.1) is 0 Å². The number of aromatic nitrogens is 2. The highest BCUT2D eigenvalue weighted by Gasteiger charge is 2.24. The fourth-order valence-corrected chi connectivity index (χ4v) is 3.38. The minimum absolute atomic E-state index is 0.415. The van der Waals surface area contributed by atoms with Crippen molar-refractivity contribution in [2.45, 2.75) is 25.9 Å². The van der Waals surface area contributed by atoms with E-state index in [4.69, 9.17) is 4.98 Å². The highest BCUT2D eigenvalue weighted by atomic mass is 32.1. The number of aryl methyl sites for hydroxylation is 1. The summed E-state index contributed by atoms with van der Waals surface area (Å²) in [5, 5.41) is 6.92. The molecule has 5 heteroatoms. The second kappa shape index (κ2) is 6.43. The molecule has 1 unspecified atom stereocenters. The van der Waals surface area contributed by atoms with E-state index in [9.17, 15) is 0 Å². The van der Waals surface area contributed by atoms with Gasteiger partial charge in [0, 0.05) is 50.0 Å². The minimum Gasteiger partial charge on any atom is -0.314 e. The SMILES string of the molecule is CCc1nc(CN2CCNCC2c2ccncc2)cs1. The van der Waals surface area contributed by atoms with Gasteiger partial charge in [0.15, 0.2) is 0 Å². The van der Waals surface area contributed by atoms with Crippen LogP contribution >= 0.6 is 11.3 Å². The van der Waals surface area contributed by atoms with E-state index in [2.05, 4.69) is 39.6 Å². The molecule has 0 radical (unpaired) electrons. The van der Waals surface area contributed by atoms with Gasteiger partial charge in [-0.1, -0.05) is 6.92 Å². The van der Waals surface area contributed by atoms with Gasteiger partial charge in [0.25, 0.3) is 0 Å². The lowest BCUT2D eigenvalue weighted by atomic mass is 10.0. The molecule has 1 aliphatic heterocycles. The van der Waals surface area contributed by atoms with E-state index >= 15 is 0 Å². The predicted octanol–water partition coefficient (Wildman–Crippen LogP) is 2.25. The van der Waals surface area contributed by atoms with Crippen LogP contribution in [-0.2, 0) is 13.0 Å². The lowest BCUT2D eigenvalue weighted by Gasteiger charge is -2.36. The molecule has 1 N–H and O–H groups in total. The van der Waals surface area contributed by atoms with Crippen LogP contribution in [0.1, 0.15) is 29.2 Å². The first-order chi connectivity index (χ1) is 9.86. The van der Waals surface area contributed by atoms with Crippen molar-refractivity contribution < 1.29 is 0 Å². The van der Waals surface area contributed by atoms with Gasteiger partial charge in [-0.2, -0.15) is 0 Å². The van der Waals surface area contributed by atoms with E-state index in [1.165, 1.54) is 16.3 Å². The molecule has 0 bridgehead atoms. The van der Waals surface area contributed by atoms with E-state index < -0.39 is 0 Å². The summed E-state index contributed by atoms with van der Waals surface area (Å²) in [5.41, 5.74) is 2.53. The zero-order valence-corrected chi connectivity index (χ0v) is 12.6. The molecule has 20 heavy (non-hydrogen) atoms. The zero-order valence-electron chi connectivity index (χ0n) is 11.7. The summed E-state index contributed by atoms with van der Waals surface area (Å²) < 4.78 is 0. The van der Waals surface area contributed by atoms with Gasteiger partial charge in [-0.15, -0.1) is 11.3 Å². The quantitative estimate of drug-likeness (QED) is 0.937. The molecule has 3 heterocycles. The summed E-state index contributed by atoms with van der Waals surface area (Å²) in [6, 6.07) is 4.64. The first kappa shape index (κ1) is 13.7. The van der Waals surface area contributed by atoms with Crippen LogP contribution in [0.4, 0.5) is 0 Å². The summed E-state index contributed by atoms with van der Waals surface area (Å²) in [6.45, 7) is 6.20. The summed E-state index contributed by atoms with van der Waals surface area (Å²) in [4.78, 5) is 11.3. The number of nitrogens with one attached hydrogen (secondary N) is 1. The molecule has 2 aromatic rings. The Hall–Kier alpha value is -1.30. The minimum atomic E-state index is 0.415. The highest BCUT2D eigenvalue weighted by Crippen LogP contribution is 2.24. The molecule has 4 nitrogen and oxygen atoms in total. The first-order valence-electron chi connectivity index (χ1n) is 7.15. The van der Waals surface area contributed by atoms with Gasteiger partial charge in [0.1, 0.15) is 0 Å². The van der Waals surface area contributed by atoms with Gasteiger partial charge in [-0.05, 0) is 24.1 Å². The Labute approximate surface area is 123 Å². The molecule has 1 aliphatic rings. The van der Waals surface area contributed by atoms with Gasteiger partial charge in [-0.3, -0.25) is 9.88 Å². The molecule has 1 saturated heterocycles. The Bertz CT molecular complexity index is 540. The maximum absolute atomic E-state index is 4.70. The van der Waals surface area contributed by atoms with Crippen LogP contribution in [-0.4, -0.2) is 34.5 Å². The van der Waals surface area contributed by atoms with Crippen LogP contribution in [0.3, 0.4) is 0 Å². The Morgan fingerprint density at radius 1 is 1.40 bits per heavy atom. The maximum Gasteiger partial charge on any atom is 0.0926 e. The predicted molar refractivity (Wildman–Crippen MR) is 81.7 cm³/mol. The van der Waals surface area contributed by atoms with E-state index in [0.29, 0.717) is 6.04 Å². The summed E-state index contributed by atoms with van der Waals surface area (Å²) >= 11 is 1.77.